The van der Waals surface area contributed by atoms with E-state index in [2.05, 4.69) is 33.5 Å². The van der Waals surface area contributed by atoms with Crippen molar-refractivity contribution in [2.45, 2.75) is 46.2 Å². The van der Waals surface area contributed by atoms with Crippen molar-refractivity contribution in [3.8, 4) is 0 Å². The third-order valence-electron chi connectivity index (χ3n) is 4.79. The van der Waals surface area contributed by atoms with Gasteiger partial charge in [-0.25, -0.2) is 4.79 Å². The minimum absolute atomic E-state index is 0.341. The first kappa shape index (κ1) is 18.0. The summed E-state index contributed by atoms with van der Waals surface area (Å²) in [6.45, 7) is 12.7. The Hall–Kier alpha value is -1.39. The highest BCUT2D eigenvalue weighted by Gasteiger charge is 2.29. The van der Waals surface area contributed by atoms with E-state index in [0.29, 0.717) is 17.4 Å². The standard InChI is InChI=1S/C19H27O3Si/c1-6-23(4,5)17-10-8-16(9-11-17)19(20)22-21-18-12-7-14(2)13-15(18)3/h6,8-11,14-15H,1,7,12-13H2,2-5H3. The first-order valence-corrected chi connectivity index (χ1v) is 11.4. The molecule has 0 heterocycles. The van der Waals surface area contributed by atoms with Gasteiger partial charge in [0.2, 0.25) is 0 Å². The van der Waals surface area contributed by atoms with Gasteiger partial charge >= 0.3 is 5.97 Å². The van der Waals surface area contributed by atoms with Gasteiger partial charge in [0.1, 0.15) is 8.07 Å². The molecule has 1 aliphatic carbocycles. The first-order valence-electron chi connectivity index (χ1n) is 8.32. The third-order valence-corrected chi connectivity index (χ3v) is 7.63. The number of rotatable bonds is 5. The largest absolute Gasteiger partial charge is 0.373 e. The zero-order valence-electron chi connectivity index (χ0n) is 14.6. The van der Waals surface area contributed by atoms with Crippen molar-refractivity contribution in [1.82, 2.24) is 0 Å². The zero-order chi connectivity index (χ0) is 17.0. The predicted octanol–water partition coefficient (Wildman–Crippen LogP) is 4.40. The van der Waals surface area contributed by atoms with Gasteiger partial charge in [0.15, 0.2) is 6.10 Å². The second kappa shape index (κ2) is 7.45. The summed E-state index contributed by atoms with van der Waals surface area (Å²) in [5, 5.41) is 1.24. The Morgan fingerprint density at radius 3 is 2.48 bits per heavy atom. The van der Waals surface area contributed by atoms with E-state index in [4.69, 9.17) is 9.78 Å². The van der Waals surface area contributed by atoms with E-state index in [1.165, 1.54) is 5.19 Å². The maximum atomic E-state index is 12.1. The van der Waals surface area contributed by atoms with Crippen LogP contribution in [0.1, 0.15) is 43.5 Å². The molecule has 0 amide bonds. The molecule has 0 aromatic heterocycles. The number of hydrogen-bond donors (Lipinski definition) is 0. The second-order valence-corrected chi connectivity index (χ2v) is 11.6. The summed E-state index contributed by atoms with van der Waals surface area (Å²) in [7, 11) is -1.60. The zero-order valence-corrected chi connectivity index (χ0v) is 15.6. The van der Waals surface area contributed by atoms with Gasteiger partial charge in [-0.2, -0.15) is 4.89 Å². The van der Waals surface area contributed by atoms with Crippen LogP contribution in [0.4, 0.5) is 0 Å². The van der Waals surface area contributed by atoms with Gasteiger partial charge in [-0.3, -0.25) is 4.89 Å². The molecule has 1 aliphatic rings. The summed E-state index contributed by atoms with van der Waals surface area (Å²) in [5.41, 5.74) is 2.55. The second-order valence-electron chi connectivity index (χ2n) is 7.20. The molecule has 0 N–H and O–H groups in total. The van der Waals surface area contributed by atoms with Crippen LogP contribution >= 0.6 is 0 Å². The highest BCUT2D eigenvalue weighted by molar-refractivity contribution is 6.93. The van der Waals surface area contributed by atoms with Gasteiger partial charge in [0.05, 0.1) is 5.56 Å². The summed E-state index contributed by atoms with van der Waals surface area (Å²) in [6, 6.07) is 7.58. The molecular weight excluding hydrogens is 304 g/mol. The van der Waals surface area contributed by atoms with Crippen LogP contribution < -0.4 is 5.19 Å². The Bertz CT molecular complexity index is 550. The molecule has 0 bridgehead atoms. The van der Waals surface area contributed by atoms with Crippen LogP contribution in [0.15, 0.2) is 36.5 Å². The Kier molecular flexibility index (Phi) is 5.82. The van der Waals surface area contributed by atoms with Crippen molar-refractivity contribution in [3.05, 3.63) is 48.2 Å². The van der Waals surface area contributed by atoms with E-state index in [1.54, 1.807) is 12.1 Å². The SMILES string of the molecule is C=C[Si](C)(C)c1ccc(C(=O)OO[C]2CCC(C)CC2C)cc1. The lowest BCUT2D eigenvalue weighted by Crippen LogP contribution is -2.39. The molecule has 2 rings (SSSR count). The van der Waals surface area contributed by atoms with Crippen molar-refractivity contribution in [1.29, 1.82) is 0 Å². The summed E-state index contributed by atoms with van der Waals surface area (Å²) in [6.07, 6.45) is 3.93. The van der Waals surface area contributed by atoms with Crippen LogP contribution in [0.3, 0.4) is 0 Å². The van der Waals surface area contributed by atoms with E-state index in [9.17, 15) is 4.79 Å². The number of carbonyl (C=O) groups is 1. The lowest BCUT2D eigenvalue weighted by atomic mass is 9.81. The average molecular weight is 332 g/mol. The molecule has 2 unspecified atom stereocenters. The minimum atomic E-state index is -1.60. The summed E-state index contributed by atoms with van der Waals surface area (Å²) in [4.78, 5) is 22.5. The Balaban J connectivity index is 1.92. The Labute approximate surface area is 140 Å². The monoisotopic (exact) mass is 331 g/mol. The van der Waals surface area contributed by atoms with Gasteiger partial charge in [0, 0.05) is 0 Å². The summed E-state index contributed by atoms with van der Waals surface area (Å²) < 4.78 is 0. The number of hydrogen-bond acceptors (Lipinski definition) is 3. The molecule has 1 fully saturated rings. The van der Waals surface area contributed by atoms with Crippen LogP contribution in [0.25, 0.3) is 0 Å². The van der Waals surface area contributed by atoms with Crippen LogP contribution in [-0.2, 0) is 9.78 Å². The normalized spacial score (nSPS) is 22.6. The Morgan fingerprint density at radius 2 is 1.91 bits per heavy atom. The van der Waals surface area contributed by atoms with Crippen LogP contribution in [0.5, 0.6) is 0 Å². The molecule has 0 aliphatic heterocycles. The van der Waals surface area contributed by atoms with Crippen molar-refractivity contribution >= 4 is 19.2 Å². The number of carbonyl (C=O) groups excluding carboxylic acids is 1. The third kappa shape index (κ3) is 4.55. The predicted molar refractivity (Wildman–Crippen MR) is 95.7 cm³/mol. The lowest BCUT2D eigenvalue weighted by molar-refractivity contribution is -0.247. The van der Waals surface area contributed by atoms with E-state index >= 15 is 0 Å². The fourth-order valence-corrected chi connectivity index (χ4v) is 4.17. The van der Waals surface area contributed by atoms with E-state index in [1.807, 2.05) is 17.8 Å². The van der Waals surface area contributed by atoms with Crippen LogP contribution in [0.2, 0.25) is 13.1 Å². The van der Waals surface area contributed by atoms with Gasteiger partial charge in [-0.1, -0.05) is 50.0 Å². The van der Waals surface area contributed by atoms with E-state index < -0.39 is 14.0 Å². The Morgan fingerprint density at radius 1 is 1.26 bits per heavy atom. The average Bonchev–Trinajstić information content (AvgIpc) is 2.54. The summed E-state index contributed by atoms with van der Waals surface area (Å²) in [5.74, 6) is 0.610. The fraction of sp³-hybridized carbons (Fsp3) is 0.474. The van der Waals surface area contributed by atoms with Crippen molar-refractivity contribution < 1.29 is 14.6 Å². The quantitative estimate of drug-likeness (QED) is 0.456. The molecule has 1 aromatic rings. The lowest BCUT2D eigenvalue weighted by Gasteiger charge is -2.29. The molecule has 0 saturated heterocycles. The van der Waals surface area contributed by atoms with Gasteiger partial charge in [-0.15, -0.1) is 6.58 Å². The van der Waals surface area contributed by atoms with Crippen molar-refractivity contribution in [2.75, 3.05) is 0 Å². The summed E-state index contributed by atoms with van der Waals surface area (Å²) >= 11 is 0. The molecule has 3 nitrogen and oxygen atoms in total. The fourth-order valence-electron chi connectivity index (χ4n) is 2.90. The highest BCUT2D eigenvalue weighted by Crippen LogP contribution is 2.35. The molecule has 4 heteroatoms. The van der Waals surface area contributed by atoms with Crippen molar-refractivity contribution in [2.24, 2.45) is 11.8 Å². The van der Waals surface area contributed by atoms with Crippen LogP contribution in [0, 0.1) is 17.9 Å². The first-order chi connectivity index (χ1) is 10.8. The molecule has 1 aromatic carbocycles. The van der Waals surface area contributed by atoms with Gasteiger partial charge in [0.25, 0.3) is 0 Å². The van der Waals surface area contributed by atoms with E-state index in [-0.39, 0.29) is 0 Å². The molecule has 125 valence electrons. The number of benzene rings is 1. The molecule has 1 radical (unpaired) electrons. The van der Waals surface area contributed by atoms with Gasteiger partial charge in [-0.05, 0) is 43.2 Å². The molecular formula is C19H27O3Si. The smallest absolute Gasteiger partial charge is 0.292 e. The maximum Gasteiger partial charge on any atom is 0.373 e. The molecule has 1 saturated carbocycles. The highest BCUT2D eigenvalue weighted by atomic mass is 28.3. The maximum absolute atomic E-state index is 12.1. The van der Waals surface area contributed by atoms with E-state index in [0.717, 1.165) is 25.4 Å². The molecule has 23 heavy (non-hydrogen) atoms. The minimum Gasteiger partial charge on any atom is -0.292 e. The van der Waals surface area contributed by atoms with Gasteiger partial charge < -0.3 is 0 Å². The topological polar surface area (TPSA) is 35.5 Å². The molecule has 0 spiro atoms. The molecule has 2 atom stereocenters. The van der Waals surface area contributed by atoms with Crippen molar-refractivity contribution in [3.63, 3.8) is 0 Å². The van der Waals surface area contributed by atoms with Crippen LogP contribution in [-0.4, -0.2) is 14.0 Å².